The highest BCUT2D eigenvalue weighted by Crippen LogP contribution is 2.07. The van der Waals surface area contributed by atoms with Gasteiger partial charge in [0.25, 0.3) is 0 Å². The zero-order chi connectivity index (χ0) is 11.0. The van der Waals surface area contributed by atoms with E-state index in [2.05, 4.69) is 19.8 Å². The molecule has 1 aromatic heterocycles. The molecule has 0 amide bonds. The van der Waals surface area contributed by atoms with Gasteiger partial charge in [-0.05, 0) is 20.2 Å². The first-order chi connectivity index (χ1) is 6.67. The van der Waals surface area contributed by atoms with Gasteiger partial charge in [-0.1, -0.05) is 0 Å². The summed E-state index contributed by atoms with van der Waals surface area (Å²) in [6.07, 6.45) is 1.36. The van der Waals surface area contributed by atoms with E-state index in [-0.39, 0.29) is 11.4 Å². The highest BCUT2D eigenvalue weighted by Gasteiger charge is 2.11. The summed E-state index contributed by atoms with van der Waals surface area (Å²) in [5, 5.41) is 9.59. The van der Waals surface area contributed by atoms with E-state index in [0.29, 0.717) is 0 Å². The van der Waals surface area contributed by atoms with Gasteiger partial charge < -0.3 is 15.3 Å². The molecule has 78 valence electrons. The van der Waals surface area contributed by atoms with Crippen LogP contribution >= 0.6 is 11.9 Å². The summed E-state index contributed by atoms with van der Waals surface area (Å²) in [6.45, 7) is 0. The Balaban J connectivity index is 0.000000500. The monoisotopic (exact) mass is 218 g/mol. The number of hydrogen-bond acceptors (Lipinski definition) is 6. The van der Waals surface area contributed by atoms with Gasteiger partial charge in [-0.15, -0.1) is 5.10 Å². The molecule has 0 aliphatic heterocycles. The lowest BCUT2D eigenvalue weighted by molar-refractivity contribution is 0.0745. The van der Waals surface area contributed by atoms with E-state index in [4.69, 9.17) is 17.6 Å². The number of halogens is 1. The predicted molar refractivity (Wildman–Crippen MR) is 52.7 cm³/mol. The van der Waals surface area contributed by atoms with E-state index < -0.39 is 5.97 Å². The van der Waals surface area contributed by atoms with Crippen LogP contribution in [0, 0.1) is 0 Å². The molecule has 7 heteroatoms. The third-order valence-electron chi connectivity index (χ3n) is 1.02. The van der Waals surface area contributed by atoms with Crippen molar-refractivity contribution >= 4 is 23.5 Å². The molecule has 3 N–H and O–H groups in total. The number of nitrogens with one attached hydrogen (secondary N) is 1. The Morgan fingerprint density at radius 2 is 2.21 bits per heavy atom. The molecule has 0 fully saturated rings. The fourth-order valence-corrected chi connectivity index (χ4v) is 0.610. The zero-order valence-electron chi connectivity index (χ0n) is 7.82. The highest BCUT2D eigenvalue weighted by molar-refractivity contribution is 6.16. The Kier molecular flexibility index (Phi) is 6.34. The largest absolute Gasteiger partial charge is 0.397 e. The molecule has 0 aliphatic rings. The quantitative estimate of drug-likeness (QED) is 0.700. The zero-order valence-corrected chi connectivity index (χ0v) is 8.58. The maximum Gasteiger partial charge on any atom is 0.379 e. The van der Waals surface area contributed by atoms with Crippen LogP contribution in [0.1, 0.15) is 10.5 Å². The van der Waals surface area contributed by atoms with Crippen molar-refractivity contribution in [3.8, 4) is 0 Å². The van der Waals surface area contributed by atoms with Crippen molar-refractivity contribution in [3.05, 3.63) is 18.0 Å². The second-order valence-electron chi connectivity index (χ2n) is 2.20. The van der Waals surface area contributed by atoms with E-state index in [0.717, 1.165) is 0 Å². The number of hydrogen-bond donors (Lipinski definition) is 2. The van der Waals surface area contributed by atoms with Crippen LogP contribution in [-0.4, -0.2) is 30.3 Å². The van der Waals surface area contributed by atoms with E-state index in [1.54, 1.807) is 0 Å². The number of rotatable bonds is 1. The molecule has 0 saturated heterocycles. The van der Waals surface area contributed by atoms with Gasteiger partial charge in [0.1, 0.15) is 11.9 Å². The lowest BCUT2D eigenvalue weighted by atomic mass is 10.3. The molecule has 14 heavy (non-hydrogen) atoms. The number of nitrogens with zero attached hydrogens (tertiary/aromatic N) is 2. The Morgan fingerprint density at radius 3 is 2.64 bits per heavy atom. The predicted octanol–water partition coefficient (Wildman–Crippen LogP) is 0.205. The van der Waals surface area contributed by atoms with Gasteiger partial charge in [0.15, 0.2) is 5.69 Å². The summed E-state index contributed by atoms with van der Waals surface area (Å²) in [6, 6.07) is 1.43. The van der Waals surface area contributed by atoms with Crippen molar-refractivity contribution in [1.82, 2.24) is 15.5 Å². The molecule has 1 rings (SSSR count). The van der Waals surface area contributed by atoms with Gasteiger partial charge in [0, 0.05) is 0 Å². The van der Waals surface area contributed by atoms with Crippen LogP contribution in [0.15, 0.2) is 12.3 Å². The first-order valence-corrected chi connectivity index (χ1v) is 3.96. The van der Waals surface area contributed by atoms with Crippen LogP contribution in [0.2, 0.25) is 0 Å². The molecule has 0 radical (unpaired) electrons. The molecule has 1 aromatic rings. The van der Waals surface area contributed by atoms with Gasteiger partial charge in [-0.2, -0.15) is 5.10 Å². The Labute approximate surface area is 86.6 Å². The molecule has 6 nitrogen and oxygen atoms in total. The van der Waals surface area contributed by atoms with Crippen molar-refractivity contribution in [1.29, 1.82) is 0 Å². The number of nitrogens with two attached hydrogens (primary N) is 1. The summed E-state index contributed by atoms with van der Waals surface area (Å²) >= 11 is 4.79. The van der Waals surface area contributed by atoms with Crippen molar-refractivity contribution in [3.63, 3.8) is 0 Å². The summed E-state index contributed by atoms with van der Waals surface area (Å²) in [7, 11) is 3.75. The topological polar surface area (TPSA) is 90.1 Å². The fraction of sp³-hybridized carbons (Fsp3) is 0.286. The van der Waals surface area contributed by atoms with Crippen molar-refractivity contribution < 1.29 is 9.08 Å². The standard InChI is InChI=1S/C5H4ClN3O2.C2H7N/c6-11-5(10)4-3(7)1-2-8-9-4;1-3-2/h1-2H,(H2,7,8);3H,1-2H3. The first-order valence-electron chi connectivity index (χ1n) is 3.66. The summed E-state index contributed by atoms with van der Waals surface area (Å²) in [5.41, 5.74) is 5.44. The third-order valence-corrected chi connectivity index (χ3v) is 1.16. The Hall–Kier alpha value is -1.40. The minimum absolute atomic E-state index is 0.0810. The minimum Gasteiger partial charge on any atom is -0.397 e. The van der Waals surface area contributed by atoms with Gasteiger partial charge in [0.05, 0.1) is 11.9 Å². The second kappa shape index (κ2) is 7.05. The van der Waals surface area contributed by atoms with Gasteiger partial charge in [-0.25, -0.2) is 4.79 Å². The molecular formula is C7H11ClN4O2. The minimum atomic E-state index is -0.808. The molecule has 1 heterocycles. The van der Waals surface area contributed by atoms with E-state index >= 15 is 0 Å². The average Bonchev–Trinajstić information content (AvgIpc) is 2.19. The number of anilines is 1. The molecule has 0 spiro atoms. The molecule has 0 atom stereocenters. The Morgan fingerprint density at radius 1 is 1.64 bits per heavy atom. The first kappa shape index (κ1) is 12.6. The van der Waals surface area contributed by atoms with Crippen LogP contribution in [-0.2, 0) is 4.29 Å². The van der Waals surface area contributed by atoms with Crippen LogP contribution in [0.5, 0.6) is 0 Å². The fourth-order valence-electron chi connectivity index (χ4n) is 0.537. The second-order valence-corrected chi connectivity index (χ2v) is 2.35. The van der Waals surface area contributed by atoms with E-state index in [1.807, 2.05) is 14.1 Å². The number of nitrogen functional groups attached to an aromatic ring is 1. The normalized spacial score (nSPS) is 8.50. The molecule has 0 saturated carbocycles. The van der Waals surface area contributed by atoms with Gasteiger partial charge >= 0.3 is 5.97 Å². The van der Waals surface area contributed by atoms with Crippen molar-refractivity contribution in [2.45, 2.75) is 0 Å². The molecule has 0 aliphatic carbocycles. The number of carbonyl (C=O) groups excluding carboxylic acids is 1. The number of carbonyl (C=O) groups is 1. The Bertz CT molecular complexity index is 295. The summed E-state index contributed by atoms with van der Waals surface area (Å²) < 4.78 is 3.87. The third kappa shape index (κ3) is 4.01. The lowest BCUT2D eigenvalue weighted by Crippen LogP contribution is -2.07. The molecule has 0 aromatic carbocycles. The molecular weight excluding hydrogens is 208 g/mol. The summed E-state index contributed by atoms with van der Waals surface area (Å²) in [5.74, 6) is -0.808. The lowest BCUT2D eigenvalue weighted by Gasteiger charge is -1.96. The smallest absolute Gasteiger partial charge is 0.379 e. The summed E-state index contributed by atoms with van der Waals surface area (Å²) in [4.78, 5) is 10.7. The molecule has 0 unspecified atom stereocenters. The number of aromatic nitrogens is 2. The van der Waals surface area contributed by atoms with E-state index in [9.17, 15) is 4.79 Å². The maximum atomic E-state index is 10.7. The van der Waals surface area contributed by atoms with Crippen LogP contribution < -0.4 is 11.1 Å². The SMILES string of the molecule is CNC.Nc1ccnnc1C(=O)OCl. The van der Waals surface area contributed by atoms with Gasteiger partial charge in [0.2, 0.25) is 0 Å². The van der Waals surface area contributed by atoms with Crippen LogP contribution in [0.25, 0.3) is 0 Å². The average molecular weight is 219 g/mol. The highest BCUT2D eigenvalue weighted by atomic mass is 35.5. The van der Waals surface area contributed by atoms with Crippen LogP contribution in [0.3, 0.4) is 0 Å². The molecule has 0 bridgehead atoms. The van der Waals surface area contributed by atoms with Crippen molar-refractivity contribution in [2.24, 2.45) is 0 Å². The van der Waals surface area contributed by atoms with Gasteiger partial charge in [-0.3, -0.25) is 0 Å². The maximum absolute atomic E-state index is 10.7. The van der Waals surface area contributed by atoms with Crippen LogP contribution in [0.4, 0.5) is 5.69 Å². The van der Waals surface area contributed by atoms with Crippen molar-refractivity contribution in [2.75, 3.05) is 19.8 Å². The van der Waals surface area contributed by atoms with E-state index in [1.165, 1.54) is 12.3 Å².